The first-order chi connectivity index (χ1) is 11.1. The molecular formula is C13H18N8O2. The summed E-state index contributed by atoms with van der Waals surface area (Å²) < 4.78 is 8.07. The van der Waals surface area contributed by atoms with Crippen molar-refractivity contribution in [3.63, 3.8) is 0 Å². The zero-order valence-electron chi connectivity index (χ0n) is 13.3. The van der Waals surface area contributed by atoms with E-state index in [0.29, 0.717) is 11.5 Å². The first kappa shape index (κ1) is 16.2. The van der Waals surface area contributed by atoms with Crippen molar-refractivity contribution in [1.82, 2.24) is 34.5 Å². The van der Waals surface area contributed by atoms with Crippen molar-refractivity contribution in [2.24, 2.45) is 7.05 Å². The van der Waals surface area contributed by atoms with Crippen LogP contribution in [-0.4, -0.2) is 41.6 Å². The van der Waals surface area contributed by atoms with E-state index in [1.807, 2.05) is 13.8 Å². The third-order valence-corrected chi connectivity index (χ3v) is 2.84. The molecule has 0 atom stereocenters. The third-order valence-electron chi connectivity index (χ3n) is 2.84. The van der Waals surface area contributed by atoms with Crippen LogP contribution in [-0.2, 0) is 7.05 Å². The summed E-state index contributed by atoms with van der Waals surface area (Å²) in [6, 6.07) is 1.73. The van der Waals surface area contributed by atoms with Gasteiger partial charge in [0, 0.05) is 13.2 Å². The Morgan fingerprint density at radius 2 is 2.04 bits per heavy atom. The van der Waals surface area contributed by atoms with Gasteiger partial charge in [0.1, 0.15) is 5.69 Å². The number of hydrogen-bond donors (Lipinski definition) is 2. The molecule has 0 amide bonds. The van der Waals surface area contributed by atoms with E-state index in [2.05, 4.69) is 25.3 Å². The van der Waals surface area contributed by atoms with E-state index in [9.17, 15) is 4.79 Å². The van der Waals surface area contributed by atoms with Gasteiger partial charge in [-0.1, -0.05) is 13.8 Å². The van der Waals surface area contributed by atoms with E-state index in [4.69, 9.17) is 10.5 Å². The lowest BCUT2D eigenvalue weighted by molar-refractivity contribution is 0.394. The molecule has 0 saturated heterocycles. The average Bonchev–Trinajstić information content (AvgIpc) is 3.15. The lowest BCUT2D eigenvalue weighted by atomic mass is 10.4. The van der Waals surface area contributed by atoms with Gasteiger partial charge in [-0.15, -0.1) is 10.2 Å². The Morgan fingerprint density at radius 3 is 2.65 bits per heavy atom. The Labute approximate surface area is 131 Å². The van der Waals surface area contributed by atoms with E-state index < -0.39 is 5.56 Å². The molecule has 3 aromatic heterocycles. The maximum Gasteiger partial charge on any atom is 0.279 e. The molecule has 0 aliphatic rings. The number of methoxy groups -OCH3 is 1. The maximum absolute atomic E-state index is 12.1. The molecule has 3 N–H and O–H groups in total. The van der Waals surface area contributed by atoms with Crippen LogP contribution in [0.3, 0.4) is 0 Å². The van der Waals surface area contributed by atoms with E-state index in [1.54, 1.807) is 24.0 Å². The second-order valence-corrected chi connectivity index (χ2v) is 4.18. The van der Waals surface area contributed by atoms with Gasteiger partial charge < -0.3 is 15.5 Å². The number of nitrogens with one attached hydrogen (secondary N) is 1. The van der Waals surface area contributed by atoms with Crippen LogP contribution in [0.4, 0.5) is 5.95 Å². The minimum atomic E-state index is -0.425. The monoisotopic (exact) mass is 318 g/mol. The highest BCUT2D eigenvalue weighted by Crippen LogP contribution is 2.24. The van der Waals surface area contributed by atoms with Crippen LogP contribution in [0.5, 0.6) is 5.88 Å². The summed E-state index contributed by atoms with van der Waals surface area (Å²) in [5, 5.41) is 12.0. The number of aryl methyl sites for hydroxylation is 1. The number of nitrogen functional groups attached to an aromatic ring is 1. The summed E-state index contributed by atoms with van der Waals surface area (Å²) in [5.41, 5.74) is 6.02. The maximum atomic E-state index is 12.1. The van der Waals surface area contributed by atoms with Crippen LogP contribution < -0.4 is 16.0 Å². The summed E-state index contributed by atoms with van der Waals surface area (Å²) in [7, 11) is 3.18. The summed E-state index contributed by atoms with van der Waals surface area (Å²) >= 11 is 0. The minimum absolute atomic E-state index is 0.0347. The molecular weight excluding hydrogens is 300 g/mol. The normalized spacial score (nSPS) is 10.1. The van der Waals surface area contributed by atoms with Gasteiger partial charge >= 0.3 is 0 Å². The Hall–Kier alpha value is -3.17. The number of anilines is 1. The average molecular weight is 318 g/mol. The molecule has 0 aliphatic heterocycles. The molecule has 0 bridgehead atoms. The Morgan fingerprint density at radius 1 is 1.30 bits per heavy atom. The van der Waals surface area contributed by atoms with E-state index >= 15 is 0 Å². The van der Waals surface area contributed by atoms with Crippen molar-refractivity contribution in [2.45, 2.75) is 13.8 Å². The highest BCUT2D eigenvalue weighted by Gasteiger charge is 2.21. The Balaban J connectivity index is 0.000000924. The molecule has 23 heavy (non-hydrogen) atoms. The number of nitrogens with two attached hydrogens (primary N) is 1. The zero-order chi connectivity index (χ0) is 17.0. The first-order valence-corrected chi connectivity index (χ1v) is 6.94. The molecule has 0 aromatic carbocycles. The van der Waals surface area contributed by atoms with Crippen LogP contribution >= 0.6 is 0 Å². The van der Waals surface area contributed by atoms with Gasteiger partial charge in [-0.25, -0.2) is 9.55 Å². The quantitative estimate of drug-likeness (QED) is 0.713. The smallest absolute Gasteiger partial charge is 0.279 e. The molecule has 3 heterocycles. The zero-order valence-corrected chi connectivity index (χ0v) is 13.3. The molecule has 0 unspecified atom stereocenters. The number of ether oxygens (including phenoxy) is 1. The van der Waals surface area contributed by atoms with Crippen LogP contribution in [0, 0.1) is 0 Å². The van der Waals surface area contributed by atoms with Gasteiger partial charge in [0.2, 0.25) is 11.8 Å². The molecule has 0 saturated carbocycles. The number of aromatic nitrogens is 7. The second kappa shape index (κ2) is 6.73. The molecule has 3 rings (SSSR count). The van der Waals surface area contributed by atoms with Crippen LogP contribution in [0.25, 0.3) is 17.2 Å². The van der Waals surface area contributed by atoms with Crippen molar-refractivity contribution in [3.8, 4) is 23.1 Å². The number of H-pyrrole nitrogens is 1. The molecule has 0 aliphatic carbocycles. The molecule has 10 nitrogen and oxygen atoms in total. The highest BCUT2D eigenvalue weighted by molar-refractivity contribution is 5.58. The van der Waals surface area contributed by atoms with Crippen molar-refractivity contribution in [1.29, 1.82) is 0 Å². The van der Waals surface area contributed by atoms with Crippen LogP contribution in [0.15, 0.2) is 23.4 Å². The Bertz CT molecular complexity index is 848. The van der Waals surface area contributed by atoms with Gasteiger partial charge in [-0.05, 0) is 6.07 Å². The summed E-state index contributed by atoms with van der Waals surface area (Å²) in [4.78, 5) is 18.5. The molecule has 0 fully saturated rings. The molecule has 122 valence electrons. The van der Waals surface area contributed by atoms with Gasteiger partial charge in [0.15, 0.2) is 11.5 Å². The molecule has 3 aromatic rings. The lowest BCUT2D eigenvalue weighted by Crippen LogP contribution is -2.19. The third kappa shape index (κ3) is 2.91. The van der Waals surface area contributed by atoms with Crippen molar-refractivity contribution in [2.75, 3.05) is 12.8 Å². The van der Waals surface area contributed by atoms with Crippen LogP contribution in [0.1, 0.15) is 13.8 Å². The summed E-state index contributed by atoms with van der Waals surface area (Å²) in [5.74, 6) is 0.472. The predicted molar refractivity (Wildman–Crippen MR) is 84.3 cm³/mol. The van der Waals surface area contributed by atoms with Crippen molar-refractivity contribution < 1.29 is 4.74 Å². The van der Waals surface area contributed by atoms with E-state index in [1.165, 1.54) is 18.0 Å². The Kier molecular flexibility index (Phi) is 4.74. The standard InChI is InChI=1S/C11H12N8O2.C2H6/c1-18-4-3-6(17-18)8-15-16-11(12)19(8)7-9(20)13-5-14-10(7)21-2;1-2/h3-5H,1-2H3,(H2,12,16)(H,13,14,20);1-2H3. The first-order valence-electron chi connectivity index (χ1n) is 6.94. The largest absolute Gasteiger partial charge is 0.479 e. The predicted octanol–water partition coefficient (Wildman–Crippen LogP) is 0.368. The SMILES string of the molecule is CC.COc1nc[nH]c(=O)c1-n1c(N)nnc1-c1ccn(C)n1. The topological polar surface area (TPSA) is 130 Å². The van der Waals surface area contributed by atoms with E-state index in [-0.39, 0.29) is 17.5 Å². The van der Waals surface area contributed by atoms with Crippen LogP contribution in [0.2, 0.25) is 0 Å². The number of nitrogens with zero attached hydrogens (tertiary/aromatic N) is 6. The number of aromatic amines is 1. The van der Waals surface area contributed by atoms with Gasteiger partial charge in [0.25, 0.3) is 5.56 Å². The summed E-state index contributed by atoms with van der Waals surface area (Å²) in [6.45, 7) is 4.00. The fraction of sp³-hybridized carbons (Fsp3) is 0.308. The van der Waals surface area contributed by atoms with E-state index in [0.717, 1.165) is 0 Å². The summed E-state index contributed by atoms with van der Waals surface area (Å²) in [6.07, 6.45) is 2.99. The molecule has 10 heteroatoms. The lowest BCUT2D eigenvalue weighted by Gasteiger charge is -2.09. The fourth-order valence-electron chi connectivity index (χ4n) is 1.94. The number of rotatable bonds is 3. The van der Waals surface area contributed by atoms with Gasteiger partial charge in [-0.3, -0.25) is 9.48 Å². The molecule has 0 radical (unpaired) electrons. The van der Waals surface area contributed by atoms with Gasteiger partial charge in [-0.2, -0.15) is 5.10 Å². The van der Waals surface area contributed by atoms with Crippen molar-refractivity contribution >= 4 is 5.95 Å². The molecule has 0 spiro atoms. The highest BCUT2D eigenvalue weighted by atomic mass is 16.5. The van der Waals surface area contributed by atoms with Crippen molar-refractivity contribution in [3.05, 3.63) is 28.9 Å². The minimum Gasteiger partial charge on any atom is -0.479 e. The second-order valence-electron chi connectivity index (χ2n) is 4.18. The van der Waals surface area contributed by atoms with Gasteiger partial charge in [0.05, 0.1) is 13.4 Å². The number of hydrogen-bond acceptors (Lipinski definition) is 7. The fourth-order valence-corrected chi connectivity index (χ4v) is 1.94.